The molecule has 1 aliphatic rings. The van der Waals surface area contributed by atoms with E-state index in [1.54, 1.807) is 54.6 Å². The van der Waals surface area contributed by atoms with E-state index in [0.717, 1.165) is 29.7 Å². The van der Waals surface area contributed by atoms with Crippen LogP contribution in [-0.4, -0.2) is 23.5 Å². The highest BCUT2D eigenvalue weighted by Crippen LogP contribution is 2.44. The molecular formula is C37H35FN4O3S2. The monoisotopic (exact) mass is 666 g/mol. The first-order valence-corrected chi connectivity index (χ1v) is 17.0. The van der Waals surface area contributed by atoms with Crippen LogP contribution in [0.3, 0.4) is 0 Å². The molecule has 3 N–H and O–H groups in total. The van der Waals surface area contributed by atoms with Gasteiger partial charge >= 0.3 is 0 Å². The molecule has 0 aliphatic heterocycles. The van der Waals surface area contributed by atoms with Crippen molar-refractivity contribution < 1.29 is 18.8 Å². The molecule has 47 heavy (non-hydrogen) atoms. The van der Waals surface area contributed by atoms with Crippen LogP contribution in [0.4, 0.5) is 15.1 Å². The van der Waals surface area contributed by atoms with Gasteiger partial charge in [-0.1, -0.05) is 63.2 Å². The average Bonchev–Trinajstić information content (AvgIpc) is 3.40. The molecule has 0 bridgehead atoms. The van der Waals surface area contributed by atoms with E-state index in [4.69, 9.17) is 0 Å². The van der Waals surface area contributed by atoms with Gasteiger partial charge in [0.1, 0.15) is 22.6 Å². The van der Waals surface area contributed by atoms with Gasteiger partial charge in [-0.2, -0.15) is 5.26 Å². The summed E-state index contributed by atoms with van der Waals surface area (Å²) in [6.45, 7) is 6.73. The van der Waals surface area contributed by atoms with E-state index in [0.29, 0.717) is 27.7 Å². The van der Waals surface area contributed by atoms with Gasteiger partial charge in [0.05, 0.1) is 11.3 Å². The Hall–Kier alpha value is -4.72. The molecule has 1 heterocycles. The van der Waals surface area contributed by atoms with E-state index in [-0.39, 0.29) is 28.3 Å². The molecule has 0 spiro atoms. The second-order valence-corrected chi connectivity index (χ2v) is 14.5. The number of nitriles is 1. The van der Waals surface area contributed by atoms with Crippen molar-refractivity contribution in [2.24, 2.45) is 11.3 Å². The first kappa shape index (κ1) is 33.6. The van der Waals surface area contributed by atoms with E-state index >= 15 is 0 Å². The lowest BCUT2D eigenvalue weighted by atomic mass is 9.72. The molecule has 0 fully saturated rings. The number of halogens is 1. The summed E-state index contributed by atoms with van der Waals surface area (Å²) in [5, 5.41) is 18.8. The number of thioether (sulfide) groups is 1. The van der Waals surface area contributed by atoms with Gasteiger partial charge < -0.3 is 16.0 Å². The summed E-state index contributed by atoms with van der Waals surface area (Å²) < 4.78 is 14.5. The van der Waals surface area contributed by atoms with E-state index in [9.17, 15) is 24.0 Å². The Balaban J connectivity index is 1.25. The van der Waals surface area contributed by atoms with Gasteiger partial charge in [-0.25, -0.2) is 4.39 Å². The van der Waals surface area contributed by atoms with E-state index < -0.39 is 17.6 Å². The molecule has 4 aromatic rings. The smallest absolute Gasteiger partial charge is 0.272 e. The van der Waals surface area contributed by atoms with Crippen molar-refractivity contribution in [3.05, 3.63) is 118 Å². The van der Waals surface area contributed by atoms with Crippen LogP contribution in [0.2, 0.25) is 0 Å². The number of anilines is 2. The summed E-state index contributed by atoms with van der Waals surface area (Å²) in [6, 6.07) is 23.6. The predicted molar refractivity (Wildman–Crippen MR) is 187 cm³/mol. The molecule has 1 aromatic heterocycles. The zero-order valence-corrected chi connectivity index (χ0v) is 28.0. The maximum Gasteiger partial charge on any atom is 0.272 e. The Bertz CT molecular complexity index is 1870. The number of amides is 3. The van der Waals surface area contributed by atoms with E-state index in [2.05, 4.69) is 42.8 Å². The predicted octanol–water partition coefficient (Wildman–Crippen LogP) is 8.05. The molecule has 1 aliphatic carbocycles. The van der Waals surface area contributed by atoms with Gasteiger partial charge in [-0.3, -0.25) is 14.4 Å². The van der Waals surface area contributed by atoms with Gasteiger partial charge in [0.25, 0.3) is 11.8 Å². The van der Waals surface area contributed by atoms with Crippen LogP contribution in [0.1, 0.15) is 59.1 Å². The summed E-state index contributed by atoms with van der Waals surface area (Å²) >= 11 is 2.79. The number of benzene rings is 3. The maximum absolute atomic E-state index is 14.5. The number of nitrogens with zero attached hydrogens (tertiary/aromatic N) is 1. The molecule has 10 heteroatoms. The summed E-state index contributed by atoms with van der Waals surface area (Å²) in [5.41, 5.74) is 2.58. The molecule has 1 unspecified atom stereocenters. The number of hydrogen-bond acceptors (Lipinski definition) is 6. The molecule has 5 rings (SSSR count). The van der Waals surface area contributed by atoms with Crippen molar-refractivity contribution in [2.45, 2.75) is 44.9 Å². The Kier molecular flexibility index (Phi) is 10.6. The van der Waals surface area contributed by atoms with Crippen LogP contribution >= 0.6 is 23.1 Å². The number of rotatable bonds is 9. The topological polar surface area (TPSA) is 111 Å². The molecule has 0 saturated heterocycles. The fraction of sp³-hybridized carbons (Fsp3) is 0.243. The first-order valence-electron chi connectivity index (χ1n) is 15.2. The lowest BCUT2D eigenvalue weighted by molar-refractivity contribution is -0.114. The van der Waals surface area contributed by atoms with Crippen molar-refractivity contribution >= 4 is 57.6 Å². The van der Waals surface area contributed by atoms with Crippen LogP contribution in [0.5, 0.6) is 0 Å². The third-order valence-corrected chi connectivity index (χ3v) is 10.2. The maximum atomic E-state index is 14.5. The molecule has 7 nitrogen and oxygen atoms in total. The Morgan fingerprint density at radius 3 is 2.49 bits per heavy atom. The Morgan fingerprint density at radius 2 is 1.77 bits per heavy atom. The van der Waals surface area contributed by atoms with Gasteiger partial charge in [0, 0.05) is 26.6 Å². The highest BCUT2D eigenvalue weighted by molar-refractivity contribution is 8.00. The number of fused-ring (bicyclic) bond motifs is 1. The van der Waals surface area contributed by atoms with E-state index in [1.165, 1.54) is 52.3 Å². The molecule has 240 valence electrons. The van der Waals surface area contributed by atoms with Crippen LogP contribution < -0.4 is 16.0 Å². The quantitative estimate of drug-likeness (QED) is 0.124. The normalized spacial score (nSPS) is 14.4. The van der Waals surface area contributed by atoms with E-state index in [1.807, 2.05) is 6.07 Å². The fourth-order valence-corrected chi connectivity index (χ4v) is 7.44. The Morgan fingerprint density at radius 1 is 1.02 bits per heavy atom. The zero-order chi connectivity index (χ0) is 33.6. The second kappa shape index (κ2) is 14.8. The molecule has 1 atom stereocenters. The minimum absolute atomic E-state index is 0.0982. The molecule has 0 radical (unpaired) electrons. The van der Waals surface area contributed by atoms with Crippen molar-refractivity contribution in [1.29, 1.82) is 5.26 Å². The number of carbonyl (C=O) groups excluding carboxylic acids is 3. The summed E-state index contributed by atoms with van der Waals surface area (Å²) in [4.78, 5) is 41.2. The number of nitrogens with one attached hydrogen (secondary N) is 3. The van der Waals surface area contributed by atoms with Crippen molar-refractivity contribution in [3.8, 4) is 6.07 Å². The second-order valence-electron chi connectivity index (χ2n) is 12.3. The van der Waals surface area contributed by atoms with Crippen molar-refractivity contribution in [2.75, 3.05) is 16.4 Å². The molecule has 3 aromatic carbocycles. The highest BCUT2D eigenvalue weighted by Gasteiger charge is 2.32. The lowest BCUT2D eigenvalue weighted by Crippen LogP contribution is -2.30. The van der Waals surface area contributed by atoms with Crippen LogP contribution in [0.15, 0.2) is 89.5 Å². The van der Waals surface area contributed by atoms with Crippen molar-refractivity contribution in [3.63, 3.8) is 0 Å². The number of hydrogen-bond donors (Lipinski definition) is 3. The largest absolute Gasteiger partial charge is 0.321 e. The summed E-state index contributed by atoms with van der Waals surface area (Å²) in [5.74, 6) is -1.30. The highest BCUT2D eigenvalue weighted by atomic mass is 32.2. The number of thiophene rings is 1. The molecular weight excluding hydrogens is 632 g/mol. The third-order valence-electron chi connectivity index (χ3n) is 8.05. The average molecular weight is 667 g/mol. The standard InChI is InChI=1S/C37H35FN4O3S2/c1-37(2,3)25-16-17-28-29(21-39)36(47-32(28)19-25)42-33(43)22-46-27-14-9-13-26(20-27)40-35(45)31(18-24-12-7-8-15-30(24)38)41-34(44)23-10-5-4-6-11-23/h4-15,18,20,25H,16-17,19,22H2,1-3H3,(H,40,45)(H,41,44)(H,42,43)/b31-18-. The van der Waals surface area contributed by atoms with Crippen LogP contribution in [0, 0.1) is 28.5 Å². The van der Waals surface area contributed by atoms with Gasteiger partial charge in [-0.05, 0) is 78.6 Å². The summed E-state index contributed by atoms with van der Waals surface area (Å²) in [7, 11) is 0. The zero-order valence-electron chi connectivity index (χ0n) is 26.4. The summed E-state index contributed by atoms with van der Waals surface area (Å²) in [6.07, 6.45) is 4.06. The van der Waals surface area contributed by atoms with Gasteiger partial charge in [0.15, 0.2) is 0 Å². The fourth-order valence-electron chi connectivity index (χ4n) is 5.40. The van der Waals surface area contributed by atoms with Crippen LogP contribution in [-0.2, 0) is 22.4 Å². The number of carbonyl (C=O) groups is 3. The molecule has 0 saturated carbocycles. The Labute approximate surface area is 282 Å². The minimum atomic E-state index is -0.642. The SMILES string of the molecule is CC(C)(C)C1CCc2c(sc(NC(=O)CSc3cccc(NC(=O)/C(=C/c4ccccc4F)NC(=O)c4ccccc4)c3)c2C#N)C1. The van der Waals surface area contributed by atoms with Crippen molar-refractivity contribution in [1.82, 2.24) is 5.32 Å². The molecule has 3 amide bonds. The third kappa shape index (κ3) is 8.56. The van der Waals surface area contributed by atoms with Gasteiger partial charge in [0.2, 0.25) is 5.91 Å². The lowest BCUT2D eigenvalue weighted by Gasteiger charge is -2.33. The van der Waals surface area contributed by atoms with Gasteiger partial charge in [-0.15, -0.1) is 23.1 Å². The minimum Gasteiger partial charge on any atom is -0.321 e. The first-order chi connectivity index (χ1) is 22.5. The van der Waals surface area contributed by atoms with Crippen LogP contribution in [0.25, 0.3) is 6.08 Å².